The molecule has 15 rings (SSSR count). The first kappa shape index (κ1) is 77.0. The van der Waals surface area contributed by atoms with Crippen LogP contribution in [0.2, 0.25) is 0 Å². The molecule has 10 nitrogen and oxygen atoms in total. The topological polar surface area (TPSA) is 130 Å². The van der Waals surface area contributed by atoms with E-state index >= 15 is 0 Å². The van der Waals surface area contributed by atoms with E-state index in [2.05, 4.69) is 118 Å². The van der Waals surface area contributed by atoms with E-state index in [0.717, 1.165) is 104 Å². The molecule has 3 saturated carbocycles. The molecule has 0 bridgehead atoms. The molecule has 546 valence electrons. The zero-order valence-corrected chi connectivity index (χ0v) is 61.9. The van der Waals surface area contributed by atoms with Crippen LogP contribution in [0, 0.1) is 87.5 Å². The van der Waals surface area contributed by atoms with Gasteiger partial charge in [0.2, 0.25) is 0 Å². The minimum Gasteiger partial charge on any atom is -0.426 e. The average molecular weight is 1430 g/mol. The van der Waals surface area contributed by atoms with E-state index in [9.17, 15) is 27.2 Å². The SMILES string of the molecule is Cc1ccc(-c2ccc(OC(=O)C3CCC(C4CCC(C)CC4)CC3)cc2)cc1.Cc1ccc(-c2ccc(OC(=O)c3ccc(C4CCC(C)CC4)cc3)cc2)cc1.Cc1cnc(-c2ccc(-c3ccc(F)cc3)cc2)nc1.Cc1cnc(-c2ccc(F)c(F)c2)nc1.Cc1cnc(-c2ccc(F)cc2)nc1. The Kier molecular flexibility index (Phi) is 27.1. The average Bonchev–Trinajstić information content (AvgIpc) is 0.845. The third-order valence-electron chi connectivity index (χ3n) is 20.3. The number of nitrogens with zero attached hydrogens (tertiary/aromatic N) is 6. The highest BCUT2D eigenvalue weighted by molar-refractivity contribution is 5.91. The van der Waals surface area contributed by atoms with Crippen LogP contribution in [0.4, 0.5) is 17.6 Å². The summed E-state index contributed by atoms with van der Waals surface area (Å²) in [4.78, 5) is 50.1. The van der Waals surface area contributed by atoms with Crippen LogP contribution in [0.25, 0.3) is 67.5 Å². The van der Waals surface area contributed by atoms with Gasteiger partial charge in [-0.15, -0.1) is 0 Å². The predicted octanol–water partition coefficient (Wildman–Crippen LogP) is 24.0. The maximum atomic E-state index is 12.9. The molecule has 0 saturated heterocycles. The predicted molar refractivity (Wildman–Crippen MR) is 419 cm³/mol. The Labute approximate surface area is 626 Å². The van der Waals surface area contributed by atoms with Gasteiger partial charge >= 0.3 is 11.9 Å². The number of hydrogen-bond acceptors (Lipinski definition) is 10. The number of hydrogen-bond donors (Lipinski definition) is 0. The van der Waals surface area contributed by atoms with Crippen molar-refractivity contribution < 1.29 is 36.6 Å². The lowest BCUT2D eigenvalue weighted by Gasteiger charge is -2.36. The lowest BCUT2D eigenvalue weighted by Crippen LogP contribution is -2.29. The summed E-state index contributed by atoms with van der Waals surface area (Å²) in [7, 11) is 0. The first-order valence-corrected chi connectivity index (χ1v) is 37.1. The summed E-state index contributed by atoms with van der Waals surface area (Å²) in [5, 5.41) is 0. The van der Waals surface area contributed by atoms with Gasteiger partial charge in [0.25, 0.3) is 0 Å². The summed E-state index contributed by atoms with van der Waals surface area (Å²) in [5.41, 5.74) is 16.3. The van der Waals surface area contributed by atoms with Crippen LogP contribution in [0.5, 0.6) is 11.5 Å². The van der Waals surface area contributed by atoms with E-state index in [-0.39, 0.29) is 29.5 Å². The molecular weight excluding hydrogens is 1340 g/mol. The molecule has 3 aromatic heterocycles. The summed E-state index contributed by atoms with van der Waals surface area (Å²) in [5.74, 6) is 4.56. The third kappa shape index (κ3) is 22.7. The Morgan fingerprint density at radius 1 is 0.318 bits per heavy atom. The van der Waals surface area contributed by atoms with Crippen LogP contribution in [0.1, 0.15) is 141 Å². The van der Waals surface area contributed by atoms with Gasteiger partial charge in [-0.25, -0.2) is 52.3 Å². The molecule has 107 heavy (non-hydrogen) atoms. The van der Waals surface area contributed by atoms with E-state index in [1.165, 1.54) is 117 Å². The third-order valence-corrected chi connectivity index (χ3v) is 20.3. The second-order valence-corrected chi connectivity index (χ2v) is 28.8. The number of rotatable bonds is 12. The van der Waals surface area contributed by atoms with Crippen molar-refractivity contribution in [1.29, 1.82) is 0 Å². The molecule has 9 aromatic carbocycles. The Hall–Kier alpha value is -11.1. The fraction of sp³-hybridized carbons (Fsp3) is 0.269. The molecule has 0 aliphatic heterocycles. The van der Waals surface area contributed by atoms with Crippen LogP contribution in [-0.2, 0) is 4.79 Å². The van der Waals surface area contributed by atoms with Gasteiger partial charge < -0.3 is 9.47 Å². The number of aryl methyl sites for hydroxylation is 5. The molecule has 0 amide bonds. The van der Waals surface area contributed by atoms with Crippen molar-refractivity contribution in [2.75, 3.05) is 0 Å². The van der Waals surface area contributed by atoms with Gasteiger partial charge in [0.1, 0.15) is 23.1 Å². The van der Waals surface area contributed by atoms with Crippen molar-refractivity contribution in [2.24, 2.45) is 29.6 Å². The summed E-state index contributed by atoms with van der Waals surface area (Å²) in [6.45, 7) is 14.6. The lowest BCUT2D eigenvalue weighted by molar-refractivity contribution is -0.140. The van der Waals surface area contributed by atoms with Crippen molar-refractivity contribution >= 4 is 11.9 Å². The Balaban J connectivity index is 0.000000137. The zero-order chi connectivity index (χ0) is 75.2. The minimum atomic E-state index is -0.892. The molecule has 12 aromatic rings. The van der Waals surface area contributed by atoms with Gasteiger partial charge in [0.05, 0.1) is 11.5 Å². The second kappa shape index (κ2) is 37.7. The van der Waals surface area contributed by atoms with Crippen molar-refractivity contribution in [1.82, 2.24) is 29.9 Å². The fourth-order valence-corrected chi connectivity index (χ4v) is 13.7. The molecule has 3 fully saturated rings. The second-order valence-electron chi connectivity index (χ2n) is 28.8. The van der Waals surface area contributed by atoms with Crippen molar-refractivity contribution in [3.63, 3.8) is 0 Å². The van der Waals surface area contributed by atoms with E-state index < -0.39 is 11.6 Å². The number of carbonyl (C=O) groups is 2. The summed E-state index contributed by atoms with van der Waals surface area (Å²) in [6.07, 6.45) is 25.4. The molecular formula is C93H92F4N6O4. The first-order valence-electron chi connectivity index (χ1n) is 37.1. The van der Waals surface area contributed by atoms with Gasteiger partial charge in [-0.2, -0.15) is 0 Å². The molecule has 3 aliphatic rings. The number of ether oxygens (including phenoxy) is 2. The molecule has 0 radical (unpaired) electrons. The van der Waals surface area contributed by atoms with Crippen LogP contribution in [0.3, 0.4) is 0 Å². The van der Waals surface area contributed by atoms with Crippen molar-refractivity contribution in [3.8, 4) is 79.0 Å². The number of carbonyl (C=O) groups excluding carboxylic acids is 2. The first-order chi connectivity index (χ1) is 51.8. The Bertz CT molecular complexity index is 4650. The highest BCUT2D eigenvalue weighted by Crippen LogP contribution is 2.42. The highest BCUT2D eigenvalue weighted by Gasteiger charge is 2.33. The molecule has 0 N–H and O–H groups in total. The monoisotopic (exact) mass is 1430 g/mol. The van der Waals surface area contributed by atoms with Gasteiger partial charge in [-0.1, -0.05) is 172 Å². The molecule has 0 atom stereocenters. The molecule has 3 heterocycles. The van der Waals surface area contributed by atoms with Gasteiger partial charge in [-0.05, 0) is 262 Å². The maximum Gasteiger partial charge on any atom is 0.343 e. The van der Waals surface area contributed by atoms with E-state index in [1.807, 2.05) is 106 Å². The number of halogens is 4. The summed E-state index contributed by atoms with van der Waals surface area (Å²) in [6, 6.07) is 64.6. The smallest absolute Gasteiger partial charge is 0.343 e. The summed E-state index contributed by atoms with van der Waals surface area (Å²) < 4.78 is 62.4. The number of esters is 2. The van der Waals surface area contributed by atoms with E-state index in [0.29, 0.717) is 46.0 Å². The van der Waals surface area contributed by atoms with Crippen molar-refractivity contribution in [3.05, 3.63) is 312 Å². The number of aromatic nitrogens is 6. The Morgan fingerprint density at radius 3 is 1.04 bits per heavy atom. The van der Waals surface area contributed by atoms with Crippen molar-refractivity contribution in [2.45, 2.75) is 131 Å². The van der Waals surface area contributed by atoms with E-state index in [4.69, 9.17) is 9.47 Å². The molecule has 0 spiro atoms. The van der Waals surface area contributed by atoms with Crippen LogP contribution >= 0.6 is 0 Å². The summed E-state index contributed by atoms with van der Waals surface area (Å²) >= 11 is 0. The Morgan fingerprint density at radius 2 is 0.636 bits per heavy atom. The van der Waals surface area contributed by atoms with Gasteiger partial charge in [0, 0.05) is 53.9 Å². The van der Waals surface area contributed by atoms with Gasteiger partial charge in [0.15, 0.2) is 29.1 Å². The fourth-order valence-electron chi connectivity index (χ4n) is 13.7. The number of benzene rings is 9. The standard InChI is InChI=1S/C27H34O2.C27H28O2.C17H13FN2.C11H8F2N2.C11H9FN2/c2*1-19-3-7-21(8-4-19)23-11-13-25(14-12-23)27(28)29-26-17-15-24(16-18-26)22-9-5-20(2)6-10-22;1-12-10-19-17(20-11-12)15-4-2-13(3-5-15)14-6-8-16(18)9-7-14;1-7-5-14-11(15-6-7)8-2-3-9(12)10(13)4-8;1-8-6-13-11(14-7-8)9-2-4-10(12)5-3-9/h5-6,9-10,15-19,21,23,25H,3-4,7-8,11-14H2,1-2H3;5-6,9-19,21H,3-4,7-8H2,1-2H3;2-11H,1H3;2-6H,1H3;2-7H,1H3. The molecule has 0 unspecified atom stereocenters. The van der Waals surface area contributed by atoms with E-state index in [1.54, 1.807) is 61.4 Å². The molecule has 14 heteroatoms. The van der Waals surface area contributed by atoms with Gasteiger partial charge in [-0.3, -0.25) is 4.79 Å². The lowest BCUT2D eigenvalue weighted by atomic mass is 9.69. The van der Waals surface area contributed by atoms with Crippen LogP contribution in [0.15, 0.2) is 250 Å². The largest absolute Gasteiger partial charge is 0.426 e. The van der Waals surface area contributed by atoms with Crippen LogP contribution in [-0.4, -0.2) is 41.8 Å². The highest BCUT2D eigenvalue weighted by atomic mass is 19.2. The minimum absolute atomic E-state index is 0.0381. The molecule has 3 aliphatic carbocycles. The normalized spacial score (nSPS) is 17.3. The quantitative estimate of drug-likeness (QED) is 0.0662. The van der Waals surface area contributed by atoms with Crippen LogP contribution < -0.4 is 9.47 Å². The zero-order valence-electron chi connectivity index (χ0n) is 61.9. The maximum absolute atomic E-state index is 12.9.